The predicted octanol–water partition coefficient (Wildman–Crippen LogP) is 1.68. The Labute approximate surface area is 117 Å². The molecule has 1 atom stereocenters. The lowest BCUT2D eigenvalue weighted by molar-refractivity contribution is -0.144. The number of hydrogen-bond donors (Lipinski definition) is 1. The zero-order valence-electron chi connectivity index (χ0n) is 10.1. The number of nitrogens with zero attached hydrogens (tertiary/aromatic N) is 1. The largest absolute Gasteiger partial charge is 0.480 e. The normalized spacial score (nSPS) is 18.4. The third kappa shape index (κ3) is 2.82. The number of likely N-dealkylation sites (tertiary alicyclic amines) is 1. The number of aliphatic carboxylic acids is 1. The molecule has 0 aromatic heterocycles. The van der Waals surface area contributed by atoms with E-state index in [0.29, 0.717) is 0 Å². The van der Waals surface area contributed by atoms with E-state index in [1.54, 1.807) is 0 Å². The summed E-state index contributed by atoms with van der Waals surface area (Å²) in [5.41, 5.74) is 0. The summed E-state index contributed by atoms with van der Waals surface area (Å²) in [6.45, 7) is -0.260. The Balaban J connectivity index is 2.10. The molecule has 1 amide bonds. The van der Waals surface area contributed by atoms with Crippen molar-refractivity contribution in [2.24, 2.45) is 0 Å². The third-order valence-corrected chi connectivity index (χ3v) is 3.14. The van der Waals surface area contributed by atoms with Gasteiger partial charge in [0.05, 0.1) is 5.02 Å². The first-order valence-electron chi connectivity index (χ1n) is 5.71. The first-order valence-corrected chi connectivity index (χ1v) is 6.08. The van der Waals surface area contributed by atoms with Crippen molar-refractivity contribution < 1.29 is 28.2 Å². The maximum Gasteiger partial charge on any atom is 0.323 e. The molecule has 20 heavy (non-hydrogen) atoms. The second-order valence-electron chi connectivity index (χ2n) is 4.22. The molecule has 2 rings (SSSR count). The van der Waals surface area contributed by atoms with Crippen LogP contribution in [0.2, 0.25) is 5.02 Å². The maximum atomic E-state index is 13.5. The molecule has 1 aliphatic heterocycles. The summed E-state index contributed by atoms with van der Waals surface area (Å²) in [7, 11) is 0. The topological polar surface area (TPSA) is 66.8 Å². The molecule has 1 saturated heterocycles. The van der Waals surface area contributed by atoms with Crippen molar-refractivity contribution in [3.8, 4) is 5.75 Å². The van der Waals surface area contributed by atoms with E-state index < -0.39 is 41.9 Å². The quantitative estimate of drug-likeness (QED) is 0.860. The monoisotopic (exact) mass is 305 g/mol. The van der Waals surface area contributed by atoms with Crippen LogP contribution in [-0.4, -0.2) is 41.1 Å². The van der Waals surface area contributed by atoms with Gasteiger partial charge in [0.1, 0.15) is 6.54 Å². The average Bonchev–Trinajstić information content (AvgIpc) is 2.71. The van der Waals surface area contributed by atoms with E-state index in [1.165, 1.54) is 0 Å². The molecule has 0 spiro atoms. The fraction of sp³-hybridized carbons (Fsp3) is 0.333. The number of carbonyl (C=O) groups is 2. The number of rotatable bonds is 4. The van der Waals surface area contributed by atoms with Gasteiger partial charge in [0.2, 0.25) is 5.82 Å². The molecule has 1 aromatic rings. The molecule has 0 radical (unpaired) electrons. The Morgan fingerprint density at radius 1 is 1.45 bits per heavy atom. The molecule has 1 heterocycles. The van der Waals surface area contributed by atoms with Crippen molar-refractivity contribution in [3.05, 3.63) is 28.8 Å². The Bertz CT molecular complexity index is 567. The fourth-order valence-corrected chi connectivity index (χ4v) is 2.04. The van der Waals surface area contributed by atoms with Crippen LogP contribution in [0.5, 0.6) is 5.75 Å². The number of amides is 1. The smallest absolute Gasteiger partial charge is 0.323 e. The SMILES string of the molecule is O=C(O)CN1CCC(Oc2ccc(Cl)c(F)c2F)C1=O. The molecule has 0 aliphatic carbocycles. The van der Waals surface area contributed by atoms with Gasteiger partial charge in [-0.1, -0.05) is 11.6 Å². The molecule has 5 nitrogen and oxygen atoms in total. The van der Waals surface area contributed by atoms with Crippen LogP contribution in [0, 0.1) is 11.6 Å². The Kier molecular flexibility index (Phi) is 4.08. The molecule has 1 unspecified atom stereocenters. The van der Waals surface area contributed by atoms with Gasteiger partial charge in [0.25, 0.3) is 5.91 Å². The minimum absolute atomic E-state index is 0.188. The van der Waals surface area contributed by atoms with Crippen LogP contribution in [-0.2, 0) is 9.59 Å². The summed E-state index contributed by atoms with van der Waals surface area (Å²) in [5, 5.41) is 8.23. The van der Waals surface area contributed by atoms with Crippen LogP contribution in [0.4, 0.5) is 8.78 Å². The first kappa shape index (κ1) is 14.5. The lowest BCUT2D eigenvalue weighted by atomic mass is 10.3. The van der Waals surface area contributed by atoms with Crippen molar-refractivity contribution in [1.29, 1.82) is 0 Å². The second-order valence-corrected chi connectivity index (χ2v) is 4.63. The van der Waals surface area contributed by atoms with E-state index in [0.717, 1.165) is 17.0 Å². The van der Waals surface area contributed by atoms with Gasteiger partial charge in [0, 0.05) is 13.0 Å². The molecule has 1 N–H and O–H groups in total. The van der Waals surface area contributed by atoms with Gasteiger partial charge in [-0.25, -0.2) is 4.39 Å². The van der Waals surface area contributed by atoms with Crippen LogP contribution >= 0.6 is 11.6 Å². The van der Waals surface area contributed by atoms with Gasteiger partial charge >= 0.3 is 5.97 Å². The molecule has 0 bridgehead atoms. The standard InChI is InChI=1S/C12H10ClF2NO4/c13-6-1-2-7(11(15)10(6)14)20-8-3-4-16(12(8)19)5-9(17)18/h1-2,8H,3-5H2,(H,17,18). The summed E-state index contributed by atoms with van der Waals surface area (Å²) < 4.78 is 31.9. The highest BCUT2D eigenvalue weighted by molar-refractivity contribution is 6.30. The number of carbonyl (C=O) groups excluding carboxylic acids is 1. The number of hydrogen-bond acceptors (Lipinski definition) is 3. The molecular formula is C12H10ClF2NO4. The summed E-state index contributed by atoms with van der Waals surface area (Å²) in [6, 6.07) is 2.23. The van der Waals surface area contributed by atoms with E-state index in [1.807, 2.05) is 0 Å². The van der Waals surface area contributed by atoms with Crippen molar-refractivity contribution in [2.45, 2.75) is 12.5 Å². The lowest BCUT2D eigenvalue weighted by Gasteiger charge is -2.15. The van der Waals surface area contributed by atoms with E-state index in [4.69, 9.17) is 21.4 Å². The second kappa shape index (κ2) is 5.62. The number of ether oxygens (including phenoxy) is 1. The minimum atomic E-state index is -1.28. The Morgan fingerprint density at radius 3 is 2.80 bits per heavy atom. The summed E-state index contributed by atoms with van der Waals surface area (Å²) in [6.07, 6.45) is -0.820. The van der Waals surface area contributed by atoms with E-state index in [2.05, 4.69) is 0 Å². The summed E-state index contributed by atoms with van der Waals surface area (Å²) in [5.74, 6) is -4.67. The average molecular weight is 306 g/mol. The number of benzene rings is 1. The Morgan fingerprint density at radius 2 is 2.15 bits per heavy atom. The number of carboxylic acids is 1. The molecule has 108 valence electrons. The van der Waals surface area contributed by atoms with Gasteiger partial charge in [-0.15, -0.1) is 0 Å². The maximum absolute atomic E-state index is 13.5. The molecular weight excluding hydrogens is 296 g/mol. The lowest BCUT2D eigenvalue weighted by Crippen LogP contribution is -2.35. The minimum Gasteiger partial charge on any atom is -0.480 e. The highest BCUT2D eigenvalue weighted by Crippen LogP contribution is 2.28. The van der Waals surface area contributed by atoms with E-state index in [-0.39, 0.29) is 18.0 Å². The fourth-order valence-electron chi connectivity index (χ4n) is 1.89. The van der Waals surface area contributed by atoms with Gasteiger partial charge in [-0.05, 0) is 12.1 Å². The van der Waals surface area contributed by atoms with Crippen molar-refractivity contribution >= 4 is 23.5 Å². The number of halogens is 3. The summed E-state index contributed by atoms with van der Waals surface area (Å²) >= 11 is 5.40. The van der Waals surface area contributed by atoms with E-state index >= 15 is 0 Å². The van der Waals surface area contributed by atoms with Gasteiger partial charge in [-0.3, -0.25) is 9.59 Å². The molecule has 1 fully saturated rings. The van der Waals surface area contributed by atoms with Gasteiger partial charge < -0.3 is 14.7 Å². The zero-order valence-corrected chi connectivity index (χ0v) is 10.9. The van der Waals surface area contributed by atoms with Crippen molar-refractivity contribution in [2.75, 3.05) is 13.1 Å². The zero-order chi connectivity index (χ0) is 14.9. The van der Waals surface area contributed by atoms with Crippen LogP contribution in [0.3, 0.4) is 0 Å². The van der Waals surface area contributed by atoms with Crippen molar-refractivity contribution in [3.63, 3.8) is 0 Å². The predicted molar refractivity (Wildman–Crippen MR) is 64.6 cm³/mol. The van der Waals surface area contributed by atoms with Crippen LogP contribution in [0.25, 0.3) is 0 Å². The van der Waals surface area contributed by atoms with Crippen molar-refractivity contribution in [1.82, 2.24) is 4.90 Å². The molecule has 1 aliphatic rings. The van der Waals surface area contributed by atoms with Gasteiger partial charge in [-0.2, -0.15) is 4.39 Å². The third-order valence-electron chi connectivity index (χ3n) is 2.84. The molecule has 8 heteroatoms. The highest BCUT2D eigenvalue weighted by atomic mass is 35.5. The van der Waals surface area contributed by atoms with Gasteiger partial charge in [0.15, 0.2) is 17.7 Å². The van der Waals surface area contributed by atoms with Crippen LogP contribution in [0.1, 0.15) is 6.42 Å². The van der Waals surface area contributed by atoms with E-state index in [9.17, 15) is 18.4 Å². The van der Waals surface area contributed by atoms with Crippen LogP contribution in [0.15, 0.2) is 12.1 Å². The van der Waals surface area contributed by atoms with Crippen LogP contribution < -0.4 is 4.74 Å². The molecule has 1 aromatic carbocycles. The highest BCUT2D eigenvalue weighted by Gasteiger charge is 2.35. The Hall–Kier alpha value is -1.89. The number of carboxylic acid groups (broad SMARTS) is 1. The first-order chi connectivity index (χ1) is 9.40. The molecule has 0 saturated carbocycles. The summed E-state index contributed by atoms with van der Waals surface area (Å²) in [4.78, 5) is 23.4.